The molecule has 0 radical (unpaired) electrons. The molecule has 2 amide bonds. The van der Waals surface area contributed by atoms with Crippen LogP contribution in [0.25, 0.3) is 0 Å². The van der Waals surface area contributed by atoms with Gasteiger partial charge in [0.1, 0.15) is 0 Å². The molecule has 2 aromatic rings. The Balaban J connectivity index is 2.31. The molecule has 6 nitrogen and oxygen atoms in total. The largest absolute Gasteiger partial charge is 0.329 e. The maximum atomic E-state index is 11.0. The third-order valence-electron chi connectivity index (χ3n) is 6.00. The predicted molar refractivity (Wildman–Crippen MR) is 126 cm³/mol. The van der Waals surface area contributed by atoms with Gasteiger partial charge >= 0.3 is 0 Å². The van der Waals surface area contributed by atoms with Crippen molar-refractivity contribution in [2.24, 2.45) is 11.7 Å². The van der Waals surface area contributed by atoms with Gasteiger partial charge in [0.2, 0.25) is 12.8 Å². The Morgan fingerprint density at radius 1 is 1.00 bits per heavy atom. The van der Waals surface area contributed by atoms with E-state index in [9.17, 15) is 15.0 Å². The molecular weight excluding hydrogens is 388 g/mol. The number of anilines is 2. The van der Waals surface area contributed by atoms with Crippen LogP contribution < -0.4 is 16.4 Å². The fourth-order valence-corrected chi connectivity index (χ4v) is 4.90. The van der Waals surface area contributed by atoms with Crippen LogP contribution in [-0.2, 0) is 27.8 Å². The summed E-state index contributed by atoms with van der Waals surface area (Å²) < 4.78 is 0. The van der Waals surface area contributed by atoms with Crippen molar-refractivity contribution in [1.82, 2.24) is 0 Å². The van der Waals surface area contributed by atoms with E-state index in [1.807, 2.05) is 43.3 Å². The molecule has 0 aliphatic heterocycles. The van der Waals surface area contributed by atoms with E-state index in [0.717, 1.165) is 46.5 Å². The van der Waals surface area contributed by atoms with Crippen LogP contribution in [0.4, 0.5) is 11.4 Å². The number of fused-ring (bicyclic) bond motifs is 2. The first kappa shape index (κ1) is 22.7. The van der Waals surface area contributed by atoms with Crippen LogP contribution in [-0.4, -0.2) is 24.6 Å². The van der Waals surface area contributed by atoms with Crippen LogP contribution in [0.5, 0.6) is 0 Å². The maximum absolute atomic E-state index is 11.0. The van der Waals surface area contributed by atoms with Gasteiger partial charge in [-0.2, -0.15) is 0 Å². The Bertz CT molecular complexity index is 920. The van der Waals surface area contributed by atoms with Crippen molar-refractivity contribution in [3.8, 4) is 0 Å². The van der Waals surface area contributed by atoms with Crippen LogP contribution >= 0.6 is 0 Å². The Morgan fingerprint density at radius 3 is 1.87 bits per heavy atom. The quantitative estimate of drug-likeness (QED) is 0.363. The molecule has 0 aromatic heterocycles. The van der Waals surface area contributed by atoms with Crippen molar-refractivity contribution in [3.05, 3.63) is 58.7 Å². The molecule has 1 atom stereocenters. The molecule has 0 heterocycles. The van der Waals surface area contributed by atoms with Gasteiger partial charge in [0.25, 0.3) is 0 Å². The van der Waals surface area contributed by atoms with Gasteiger partial charge in [-0.25, -0.2) is 0 Å². The fraction of sp³-hybridized carbons (Fsp3) is 0.400. The first-order valence-electron chi connectivity index (χ1n) is 10.8. The normalized spacial score (nSPS) is 15.3. The molecule has 0 bridgehead atoms. The molecule has 1 aliphatic rings. The van der Waals surface area contributed by atoms with E-state index in [0.29, 0.717) is 37.3 Å². The highest BCUT2D eigenvalue weighted by Crippen LogP contribution is 2.46. The molecule has 2 aromatic carbocycles. The molecule has 6 heteroatoms. The lowest BCUT2D eigenvalue weighted by Crippen LogP contribution is -2.43. The van der Waals surface area contributed by atoms with E-state index >= 15 is 0 Å². The monoisotopic (exact) mass is 420 g/mol. The van der Waals surface area contributed by atoms with E-state index in [-0.39, 0.29) is 6.04 Å². The summed E-state index contributed by atoms with van der Waals surface area (Å²) in [7, 11) is 0. The highest BCUT2D eigenvalue weighted by atomic mass is 16.1. The summed E-state index contributed by atoms with van der Waals surface area (Å²) in [5.74, 6) is 0.333. The Kier molecular flexibility index (Phi) is 6.91. The van der Waals surface area contributed by atoms with E-state index in [2.05, 4.69) is 24.5 Å². The van der Waals surface area contributed by atoms with Crippen molar-refractivity contribution >= 4 is 29.9 Å². The summed E-state index contributed by atoms with van der Waals surface area (Å²) in [5.41, 5.74) is 12.3. The molecule has 0 saturated heterocycles. The lowest BCUT2D eigenvalue weighted by atomic mass is 9.64. The number of rotatable bonds is 9. The molecule has 0 unspecified atom stereocenters. The van der Waals surface area contributed by atoms with Crippen molar-refractivity contribution in [2.75, 3.05) is 10.6 Å². The van der Waals surface area contributed by atoms with Gasteiger partial charge < -0.3 is 21.8 Å². The fourth-order valence-electron chi connectivity index (χ4n) is 4.90. The van der Waals surface area contributed by atoms with Crippen molar-refractivity contribution in [2.45, 2.75) is 57.9 Å². The van der Waals surface area contributed by atoms with Gasteiger partial charge in [-0.1, -0.05) is 26.0 Å². The molecule has 0 fully saturated rings. The van der Waals surface area contributed by atoms with E-state index in [4.69, 9.17) is 5.73 Å². The number of benzene rings is 2. The molecule has 0 saturated carbocycles. The first-order valence-corrected chi connectivity index (χ1v) is 10.8. The summed E-state index contributed by atoms with van der Waals surface area (Å²) in [6.45, 7) is 6.24. The summed E-state index contributed by atoms with van der Waals surface area (Å²) in [6, 6.07) is 11.8. The second-order valence-corrected chi connectivity index (χ2v) is 8.93. The first-order chi connectivity index (χ1) is 14.8. The zero-order valence-corrected chi connectivity index (χ0v) is 18.5. The molecule has 164 valence electrons. The number of aryl methyl sites for hydroxylation is 2. The van der Waals surface area contributed by atoms with Gasteiger partial charge in [-0.05, 0) is 85.0 Å². The van der Waals surface area contributed by atoms with E-state index in [1.54, 1.807) is 0 Å². The van der Waals surface area contributed by atoms with Crippen LogP contribution in [0.2, 0.25) is 0 Å². The number of hydrogen-bond acceptors (Lipinski definition) is 4. The standard InChI is InChI=1S/C25H32N4O2/c1-16(2)10-24(27)25(13-17(3)26)22-8-6-20(28-14-30)11-18(22)4-5-19-12-21(29-15-31)7-9-23(19)25/h6-9,11-12,14-17,27H,4-5,10,13,26H2,1-3H3,(H,28,30)(H,29,31)/t17-/m0/s1. The zero-order chi connectivity index (χ0) is 22.6. The molecule has 5 N–H and O–H groups in total. The van der Waals surface area contributed by atoms with Crippen LogP contribution in [0.1, 0.15) is 55.9 Å². The molecule has 0 spiro atoms. The van der Waals surface area contributed by atoms with Crippen LogP contribution in [0, 0.1) is 11.3 Å². The number of nitrogens with two attached hydrogens (primary N) is 1. The molecule has 1 aliphatic carbocycles. The predicted octanol–water partition coefficient (Wildman–Crippen LogP) is 4.01. The highest BCUT2D eigenvalue weighted by molar-refractivity contribution is 5.97. The third-order valence-corrected chi connectivity index (χ3v) is 6.00. The Morgan fingerprint density at radius 2 is 1.48 bits per heavy atom. The van der Waals surface area contributed by atoms with Gasteiger partial charge in [0, 0.05) is 23.1 Å². The summed E-state index contributed by atoms with van der Waals surface area (Å²) in [4.78, 5) is 22.0. The number of hydrogen-bond donors (Lipinski definition) is 4. The number of carbonyl (C=O) groups is 2. The second-order valence-electron chi connectivity index (χ2n) is 8.93. The van der Waals surface area contributed by atoms with Gasteiger partial charge in [-0.15, -0.1) is 0 Å². The SMILES string of the molecule is CC(C)CC(=N)C1(C[C@H](C)N)c2ccc(NC=O)cc2CCc2cc(NC=O)ccc21. The van der Waals surface area contributed by atoms with Crippen molar-refractivity contribution in [1.29, 1.82) is 5.41 Å². The topological polar surface area (TPSA) is 108 Å². The summed E-state index contributed by atoms with van der Waals surface area (Å²) >= 11 is 0. The Labute approximate surface area is 184 Å². The highest BCUT2D eigenvalue weighted by Gasteiger charge is 2.43. The number of carbonyl (C=O) groups excluding carboxylic acids is 2. The Hall–Kier alpha value is -2.99. The van der Waals surface area contributed by atoms with Gasteiger partial charge in [-0.3, -0.25) is 9.59 Å². The van der Waals surface area contributed by atoms with Gasteiger partial charge in [0.15, 0.2) is 0 Å². The number of nitrogens with one attached hydrogen (secondary N) is 3. The maximum Gasteiger partial charge on any atom is 0.211 e. The lowest BCUT2D eigenvalue weighted by Gasteiger charge is -2.39. The molecule has 3 rings (SSSR count). The smallest absolute Gasteiger partial charge is 0.211 e. The number of amides is 2. The lowest BCUT2D eigenvalue weighted by molar-refractivity contribution is -0.106. The molecular formula is C25H32N4O2. The van der Waals surface area contributed by atoms with E-state index in [1.165, 1.54) is 0 Å². The average Bonchev–Trinajstić information content (AvgIpc) is 2.83. The van der Waals surface area contributed by atoms with E-state index < -0.39 is 5.41 Å². The van der Waals surface area contributed by atoms with Gasteiger partial charge in [0.05, 0.1) is 5.41 Å². The zero-order valence-electron chi connectivity index (χ0n) is 18.5. The minimum Gasteiger partial charge on any atom is -0.329 e. The third kappa shape index (κ3) is 4.54. The summed E-state index contributed by atoms with van der Waals surface area (Å²) in [5, 5.41) is 14.8. The summed E-state index contributed by atoms with van der Waals surface area (Å²) in [6.07, 6.45) is 4.18. The second kappa shape index (κ2) is 9.43. The minimum absolute atomic E-state index is 0.119. The van der Waals surface area contributed by atoms with Crippen LogP contribution in [0.15, 0.2) is 36.4 Å². The minimum atomic E-state index is -0.654. The average molecular weight is 421 g/mol. The molecule has 31 heavy (non-hydrogen) atoms. The van der Waals surface area contributed by atoms with Crippen molar-refractivity contribution in [3.63, 3.8) is 0 Å². The van der Waals surface area contributed by atoms with Crippen LogP contribution in [0.3, 0.4) is 0 Å². The van der Waals surface area contributed by atoms with Crippen molar-refractivity contribution < 1.29 is 9.59 Å².